The second-order valence-electron chi connectivity index (χ2n) is 7.22. The Morgan fingerprint density at radius 1 is 1.24 bits per heavy atom. The average Bonchev–Trinajstić information content (AvgIpc) is 2.92. The SMILES string of the molecule is CC(O)c1ncccc1Oc1ccc2c(nnn2CC(C)(C)C)c1Br. The minimum absolute atomic E-state index is 0.101. The van der Waals surface area contributed by atoms with Crippen LogP contribution in [0.25, 0.3) is 11.0 Å². The van der Waals surface area contributed by atoms with E-state index in [1.165, 1.54) is 0 Å². The molecule has 25 heavy (non-hydrogen) atoms. The summed E-state index contributed by atoms with van der Waals surface area (Å²) in [6.45, 7) is 8.91. The number of hydrogen-bond acceptors (Lipinski definition) is 5. The minimum Gasteiger partial charge on any atom is -0.454 e. The second kappa shape index (κ2) is 6.72. The van der Waals surface area contributed by atoms with E-state index in [9.17, 15) is 5.11 Å². The zero-order valence-electron chi connectivity index (χ0n) is 14.7. The van der Waals surface area contributed by atoms with Crippen LogP contribution in [0, 0.1) is 5.41 Å². The zero-order valence-corrected chi connectivity index (χ0v) is 16.3. The predicted molar refractivity (Wildman–Crippen MR) is 99.6 cm³/mol. The Morgan fingerprint density at radius 3 is 2.68 bits per heavy atom. The van der Waals surface area contributed by atoms with Crippen molar-refractivity contribution in [3.8, 4) is 11.5 Å². The van der Waals surface area contributed by atoms with Gasteiger partial charge in [0.05, 0.1) is 16.1 Å². The summed E-state index contributed by atoms with van der Waals surface area (Å²) in [4.78, 5) is 4.19. The number of ether oxygens (including phenoxy) is 1. The molecule has 0 bridgehead atoms. The summed E-state index contributed by atoms with van der Waals surface area (Å²) in [5.74, 6) is 1.12. The second-order valence-corrected chi connectivity index (χ2v) is 8.01. The Morgan fingerprint density at radius 2 is 2.00 bits per heavy atom. The van der Waals surface area contributed by atoms with Crippen molar-refractivity contribution in [2.45, 2.75) is 40.3 Å². The van der Waals surface area contributed by atoms with Gasteiger partial charge in [0.15, 0.2) is 5.75 Å². The predicted octanol–water partition coefficient (Wildman–Crippen LogP) is 4.48. The number of halogens is 1. The van der Waals surface area contributed by atoms with Crippen molar-refractivity contribution in [1.82, 2.24) is 20.0 Å². The normalized spacial score (nSPS) is 13.2. The highest BCUT2D eigenvalue weighted by Gasteiger charge is 2.19. The lowest BCUT2D eigenvalue weighted by atomic mass is 9.97. The van der Waals surface area contributed by atoms with Crippen molar-refractivity contribution in [3.63, 3.8) is 0 Å². The summed E-state index contributed by atoms with van der Waals surface area (Å²) in [6, 6.07) is 7.36. The molecule has 6 nitrogen and oxygen atoms in total. The molecule has 0 saturated carbocycles. The number of nitrogens with zero attached hydrogens (tertiary/aromatic N) is 4. The molecule has 3 aromatic rings. The van der Waals surface area contributed by atoms with Crippen LogP contribution in [0.5, 0.6) is 11.5 Å². The maximum absolute atomic E-state index is 9.86. The van der Waals surface area contributed by atoms with E-state index in [1.54, 1.807) is 25.3 Å². The highest BCUT2D eigenvalue weighted by molar-refractivity contribution is 9.10. The highest BCUT2D eigenvalue weighted by Crippen LogP contribution is 2.36. The van der Waals surface area contributed by atoms with Gasteiger partial charge < -0.3 is 9.84 Å². The fraction of sp³-hybridized carbons (Fsp3) is 0.389. The van der Waals surface area contributed by atoms with E-state index in [2.05, 4.69) is 52.0 Å². The first-order valence-corrected chi connectivity index (χ1v) is 8.88. The third-order valence-electron chi connectivity index (χ3n) is 3.63. The fourth-order valence-corrected chi connectivity index (χ4v) is 3.05. The first-order chi connectivity index (χ1) is 11.8. The molecule has 0 aliphatic carbocycles. The Hall–Kier alpha value is -1.99. The standard InChI is InChI=1S/C18H21BrN4O2/c1-11(24)16-14(6-5-9-20-16)25-13-8-7-12-17(15(13)19)21-22-23(12)10-18(2,3)4/h5-9,11,24H,10H2,1-4H3. The molecule has 2 aromatic heterocycles. The molecule has 0 saturated heterocycles. The van der Waals surface area contributed by atoms with Crippen LogP contribution in [0.3, 0.4) is 0 Å². The lowest BCUT2D eigenvalue weighted by Gasteiger charge is -2.18. The zero-order chi connectivity index (χ0) is 18.2. The Kier molecular flexibility index (Phi) is 4.79. The van der Waals surface area contributed by atoms with Gasteiger partial charge in [0.1, 0.15) is 17.0 Å². The van der Waals surface area contributed by atoms with Crippen LogP contribution in [0.2, 0.25) is 0 Å². The van der Waals surface area contributed by atoms with Gasteiger partial charge in [-0.2, -0.15) is 0 Å². The summed E-state index contributed by atoms with van der Waals surface area (Å²) in [5.41, 5.74) is 2.27. The van der Waals surface area contributed by atoms with E-state index in [1.807, 2.05) is 16.8 Å². The minimum atomic E-state index is -0.716. The van der Waals surface area contributed by atoms with Gasteiger partial charge in [-0.05, 0) is 52.5 Å². The van der Waals surface area contributed by atoms with Crippen LogP contribution in [0.15, 0.2) is 34.9 Å². The van der Waals surface area contributed by atoms with Crippen molar-refractivity contribution in [2.75, 3.05) is 0 Å². The molecule has 2 heterocycles. The number of fused-ring (bicyclic) bond motifs is 1. The maximum Gasteiger partial charge on any atom is 0.151 e. The van der Waals surface area contributed by atoms with E-state index in [0.29, 0.717) is 17.2 Å². The molecule has 0 radical (unpaired) electrons. The number of aromatic nitrogens is 4. The van der Waals surface area contributed by atoms with Gasteiger partial charge >= 0.3 is 0 Å². The number of aliphatic hydroxyl groups excluding tert-OH is 1. The monoisotopic (exact) mass is 404 g/mol. The van der Waals surface area contributed by atoms with Crippen LogP contribution in [-0.2, 0) is 6.54 Å². The molecule has 1 N–H and O–H groups in total. The van der Waals surface area contributed by atoms with Crippen LogP contribution in [-0.4, -0.2) is 25.1 Å². The van der Waals surface area contributed by atoms with Gasteiger partial charge in [0.25, 0.3) is 0 Å². The molecule has 1 atom stereocenters. The summed E-state index contributed by atoms with van der Waals surface area (Å²) in [6.07, 6.45) is 0.914. The average molecular weight is 405 g/mol. The van der Waals surface area contributed by atoms with Crippen LogP contribution >= 0.6 is 15.9 Å². The van der Waals surface area contributed by atoms with Gasteiger partial charge in [0.2, 0.25) is 0 Å². The molecular formula is C18H21BrN4O2. The Balaban J connectivity index is 1.98. The molecule has 0 fully saturated rings. The van der Waals surface area contributed by atoms with Crippen molar-refractivity contribution < 1.29 is 9.84 Å². The fourth-order valence-electron chi connectivity index (χ4n) is 2.55. The van der Waals surface area contributed by atoms with Gasteiger partial charge in [-0.1, -0.05) is 26.0 Å². The molecule has 0 spiro atoms. The molecule has 0 aliphatic rings. The van der Waals surface area contributed by atoms with Gasteiger partial charge in [-0.15, -0.1) is 5.10 Å². The third kappa shape index (κ3) is 3.82. The summed E-state index contributed by atoms with van der Waals surface area (Å²) < 4.78 is 8.60. The molecule has 7 heteroatoms. The smallest absolute Gasteiger partial charge is 0.151 e. The summed E-state index contributed by atoms with van der Waals surface area (Å²) >= 11 is 3.57. The third-order valence-corrected chi connectivity index (χ3v) is 4.40. The first kappa shape index (κ1) is 17.8. The van der Waals surface area contributed by atoms with Gasteiger partial charge in [-0.25, -0.2) is 4.68 Å². The van der Waals surface area contributed by atoms with E-state index < -0.39 is 6.10 Å². The van der Waals surface area contributed by atoms with Gasteiger partial charge in [0, 0.05) is 12.7 Å². The van der Waals surface area contributed by atoms with Crippen molar-refractivity contribution in [1.29, 1.82) is 0 Å². The van der Waals surface area contributed by atoms with Crippen molar-refractivity contribution in [2.24, 2.45) is 5.41 Å². The lowest BCUT2D eigenvalue weighted by Crippen LogP contribution is -2.16. The van der Waals surface area contributed by atoms with E-state index in [-0.39, 0.29) is 5.41 Å². The van der Waals surface area contributed by atoms with E-state index >= 15 is 0 Å². The molecule has 3 rings (SSSR count). The number of aliphatic hydroxyl groups is 1. The lowest BCUT2D eigenvalue weighted by molar-refractivity contribution is 0.190. The number of rotatable bonds is 4. The largest absolute Gasteiger partial charge is 0.454 e. The van der Waals surface area contributed by atoms with Gasteiger partial charge in [-0.3, -0.25) is 4.98 Å². The van der Waals surface area contributed by atoms with E-state index in [4.69, 9.17) is 4.74 Å². The molecule has 132 valence electrons. The Bertz CT molecular complexity index is 900. The summed E-state index contributed by atoms with van der Waals surface area (Å²) in [5, 5.41) is 18.4. The molecule has 0 amide bonds. The maximum atomic E-state index is 9.86. The molecular weight excluding hydrogens is 384 g/mol. The van der Waals surface area contributed by atoms with Crippen LogP contribution in [0.4, 0.5) is 0 Å². The molecule has 1 unspecified atom stereocenters. The number of pyridine rings is 1. The van der Waals surface area contributed by atoms with Crippen molar-refractivity contribution in [3.05, 3.63) is 40.6 Å². The highest BCUT2D eigenvalue weighted by atomic mass is 79.9. The van der Waals surface area contributed by atoms with Crippen LogP contribution < -0.4 is 4.74 Å². The van der Waals surface area contributed by atoms with Crippen molar-refractivity contribution >= 4 is 27.0 Å². The Labute approximate surface area is 155 Å². The first-order valence-electron chi connectivity index (χ1n) is 8.09. The topological polar surface area (TPSA) is 73.1 Å². The number of hydrogen-bond donors (Lipinski definition) is 1. The quantitative estimate of drug-likeness (QED) is 0.693. The van der Waals surface area contributed by atoms with E-state index in [0.717, 1.165) is 22.1 Å². The summed E-state index contributed by atoms with van der Waals surface area (Å²) in [7, 11) is 0. The van der Waals surface area contributed by atoms with Crippen LogP contribution in [0.1, 0.15) is 39.5 Å². The molecule has 0 aliphatic heterocycles. The number of benzene rings is 1. The molecule has 1 aromatic carbocycles.